The number of piperidine rings is 1. The molecule has 1 aliphatic carbocycles. The van der Waals surface area contributed by atoms with Gasteiger partial charge in [0, 0.05) is 44.4 Å². The molecule has 4 aliphatic rings. The fourth-order valence-corrected chi connectivity index (χ4v) is 7.94. The van der Waals surface area contributed by atoms with Gasteiger partial charge in [0.2, 0.25) is 5.91 Å². The van der Waals surface area contributed by atoms with Gasteiger partial charge >= 0.3 is 0 Å². The summed E-state index contributed by atoms with van der Waals surface area (Å²) in [5, 5.41) is 3.71. The predicted molar refractivity (Wildman–Crippen MR) is 164 cm³/mol. The minimum Gasteiger partial charge on any atom is -0.338 e. The summed E-state index contributed by atoms with van der Waals surface area (Å²) in [4.78, 5) is 18.7. The van der Waals surface area contributed by atoms with Gasteiger partial charge in [-0.3, -0.25) is 9.69 Å². The molecule has 0 aromatic heterocycles. The van der Waals surface area contributed by atoms with Crippen LogP contribution in [0.15, 0.2) is 59.5 Å². The number of sulfone groups is 1. The summed E-state index contributed by atoms with van der Waals surface area (Å²) < 4.78 is 23.6. The Kier molecular flexibility index (Phi) is 9.94. The van der Waals surface area contributed by atoms with Crippen molar-refractivity contribution in [2.75, 3.05) is 39.0 Å². The first-order chi connectivity index (χ1) is 18.3. The second-order valence-electron chi connectivity index (χ2n) is 12.3. The third-order valence-electron chi connectivity index (χ3n) is 9.81. The molecule has 220 valence electrons. The molecule has 40 heavy (non-hydrogen) atoms. The second kappa shape index (κ2) is 12.7. The average molecular weight is 609 g/mol. The Morgan fingerprint density at radius 1 is 0.925 bits per heavy atom. The lowest BCUT2D eigenvalue weighted by molar-refractivity contribution is -0.139. The van der Waals surface area contributed by atoms with Crippen LogP contribution in [-0.2, 0) is 21.2 Å². The highest BCUT2D eigenvalue weighted by atomic mass is 35.5. The topological polar surface area (TPSA) is 69.7 Å². The minimum absolute atomic E-state index is 0. The van der Waals surface area contributed by atoms with Gasteiger partial charge in [-0.15, -0.1) is 24.8 Å². The molecule has 0 radical (unpaired) electrons. The first-order valence-electron chi connectivity index (χ1n) is 14.4. The zero-order valence-electron chi connectivity index (χ0n) is 23.3. The standard InChI is InChI=1S/C31H41N3O3S.2ClH/c1-38(36,37)26-11-9-24(10-12-26)22-34-18-15-31(30(34)35)13-16-33(17-14-31)29(19-23-7-8-23)28-21-32-20-27(28)25-5-3-2-4-6-25;;/h2-6,9-12,23,27-29,32H,7-8,13-22H2,1H3;2*1H/t27-,28-,29?;;/m1../s1. The molecular formula is C31H43Cl2N3O3S. The van der Waals surface area contributed by atoms with E-state index in [4.69, 9.17) is 0 Å². The largest absolute Gasteiger partial charge is 0.338 e. The summed E-state index contributed by atoms with van der Waals surface area (Å²) in [5.41, 5.74) is 2.23. The van der Waals surface area contributed by atoms with Crippen LogP contribution in [0.5, 0.6) is 0 Å². The molecule has 9 heteroatoms. The van der Waals surface area contributed by atoms with Crippen LogP contribution in [0.4, 0.5) is 0 Å². The highest BCUT2D eigenvalue weighted by Crippen LogP contribution is 2.46. The van der Waals surface area contributed by atoms with E-state index in [1.54, 1.807) is 12.1 Å². The van der Waals surface area contributed by atoms with E-state index in [2.05, 4.69) is 40.5 Å². The van der Waals surface area contributed by atoms with E-state index in [9.17, 15) is 13.2 Å². The monoisotopic (exact) mass is 607 g/mol. The van der Waals surface area contributed by atoms with Crippen molar-refractivity contribution in [1.82, 2.24) is 15.1 Å². The Labute approximate surface area is 252 Å². The minimum atomic E-state index is -3.21. The van der Waals surface area contributed by atoms with Crippen molar-refractivity contribution in [1.29, 1.82) is 0 Å². The van der Waals surface area contributed by atoms with E-state index in [0.29, 0.717) is 35.2 Å². The van der Waals surface area contributed by atoms with Crippen molar-refractivity contribution in [2.45, 2.75) is 61.9 Å². The van der Waals surface area contributed by atoms with E-state index in [1.165, 1.54) is 31.1 Å². The van der Waals surface area contributed by atoms with Crippen LogP contribution < -0.4 is 5.32 Å². The molecule has 4 fully saturated rings. The third-order valence-corrected chi connectivity index (χ3v) is 10.9. The normalized spacial score (nSPS) is 25.4. The molecule has 3 aliphatic heterocycles. The summed E-state index contributed by atoms with van der Waals surface area (Å²) in [5.74, 6) is 2.37. The third kappa shape index (κ3) is 6.54. The lowest BCUT2D eigenvalue weighted by Crippen LogP contribution is -2.51. The van der Waals surface area contributed by atoms with E-state index in [-0.39, 0.29) is 30.2 Å². The van der Waals surface area contributed by atoms with Crippen molar-refractivity contribution in [2.24, 2.45) is 17.3 Å². The molecule has 2 aromatic carbocycles. The van der Waals surface area contributed by atoms with Crippen LogP contribution in [0.2, 0.25) is 0 Å². The van der Waals surface area contributed by atoms with Crippen molar-refractivity contribution >= 4 is 40.6 Å². The number of nitrogens with one attached hydrogen (secondary N) is 1. The number of halogens is 2. The Balaban J connectivity index is 0.00000185. The highest BCUT2D eigenvalue weighted by molar-refractivity contribution is 7.90. The zero-order valence-corrected chi connectivity index (χ0v) is 25.8. The summed E-state index contributed by atoms with van der Waals surface area (Å²) in [6, 6.07) is 18.6. The smallest absolute Gasteiger partial charge is 0.229 e. The van der Waals surface area contributed by atoms with E-state index >= 15 is 0 Å². The number of hydrogen-bond acceptors (Lipinski definition) is 5. The SMILES string of the molecule is CS(=O)(=O)c1ccc(CN2CCC3(CCN(C(CC4CC4)[C@@H]4CNC[C@@H]4c4ccccc4)CC3)C2=O)cc1.Cl.Cl. The molecule has 1 unspecified atom stereocenters. The van der Waals surface area contributed by atoms with Gasteiger partial charge in [-0.05, 0) is 73.9 Å². The molecule has 0 bridgehead atoms. The van der Waals surface area contributed by atoms with Crippen LogP contribution >= 0.6 is 24.8 Å². The Morgan fingerprint density at radius 2 is 1.57 bits per heavy atom. The lowest BCUT2D eigenvalue weighted by atomic mass is 9.75. The number of carbonyl (C=O) groups excluding carboxylic acids is 1. The number of benzene rings is 2. The van der Waals surface area contributed by atoms with Gasteiger partial charge in [0.05, 0.1) is 10.3 Å². The van der Waals surface area contributed by atoms with Gasteiger partial charge in [0.25, 0.3) is 0 Å². The van der Waals surface area contributed by atoms with Crippen molar-refractivity contribution < 1.29 is 13.2 Å². The number of nitrogens with zero attached hydrogens (tertiary/aromatic N) is 2. The van der Waals surface area contributed by atoms with Crippen LogP contribution in [0.3, 0.4) is 0 Å². The van der Waals surface area contributed by atoms with E-state index < -0.39 is 9.84 Å². The van der Waals surface area contributed by atoms with Gasteiger partial charge in [0.1, 0.15) is 0 Å². The van der Waals surface area contributed by atoms with Gasteiger partial charge in [0.15, 0.2) is 9.84 Å². The fraction of sp³-hybridized carbons (Fsp3) is 0.581. The maximum Gasteiger partial charge on any atom is 0.229 e. The summed E-state index contributed by atoms with van der Waals surface area (Å²) in [7, 11) is -3.21. The molecule has 6 rings (SSSR count). The predicted octanol–water partition coefficient (Wildman–Crippen LogP) is 4.92. The average Bonchev–Trinajstić information content (AvgIpc) is 3.54. The van der Waals surface area contributed by atoms with Gasteiger partial charge in [-0.1, -0.05) is 55.3 Å². The maximum absolute atomic E-state index is 13.7. The Morgan fingerprint density at radius 3 is 2.20 bits per heavy atom. The van der Waals surface area contributed by atoms with E-state index in [0.717, 1.165) is 63.5 Å². The number of hydrogen-bond donors (Lipinski definition) is 1. The molecule has 2 aromatic rings. The van der Waals surface area contributed by atoms with Crippen LogP contribution in [0.1, 0.15) is 55.6 Å². The zero-order chi connectivity index (χ0) is 26.3. The Hall–Kier alpha value is -1.64. The van der Waals surface area contributed by atoms with Crippen molar-refractivity contribution in [3.63, 3.8) is 0 Å². The highest BCUT2D eigenvalue weighted by Gasteiger charge is 2.50. The van der Waals surface area contributed by atoms with Crippen molar-refractivity contribution in [3.8, 4) is 0 Å². The number of carbonyl (C=O) groups is 1. The molecule has 3 heterocycles. The number of likely N-dealkylation sites (tertiary alicyclic amines) is 2. The molecule has 3 saturated heterocycles. The fourth-order valence-electron chi connectivity index (χ4n) is 7.31. The summed E-state index contributed by atoms with van der Waals surface area (Å²) >= 11 is 0. The second-order valence-corrected chi connectivity index (χ2v) is 14.3. The molecule has 1 spiro atoms. The molecule has 3 atom stereocenters. The molecule has 1 amide bonds. The van der Waals surface area contributed by atoms with E-state index in [1.807, 2.05) is 17.0 Å². The van der Waals surface area contributed by atoms with Crippen LogP contribution in [-0.4, -0.2) is 69.1 Å². The van der Waals surface area contributed by atoms with Gasteiger partial charge in [-0.25, -0.2) is 8.42 Å². The molecular weight excluding hydrogens is 565 g/mol. The number of rotatable bonds is 8. The van der Waals surface area contributed by atoms with Crippen LogP contribution in [0, 0.1) is 17.3 Å². The maximum atomic E-state index is 13.7. The molecule has 1 saturated carbocycles. The van der Waals surface area contributed by atoms with Gasteiger partial charge < -0.3 is 10.2 Å². The molecule has 6 nitrogen and oxygen atoms in total. The first-order valence-corrected chi connectivity index (χ1v) is 16.3. The van der Waals surface area contributed by atoms with Crippen molar-refractivity contribution in [3.05, 3.63) is 65.7 Å². The lowest BCUT2D eigenvalue weighted by Gasteiger charge is -2.44. The molecule has 1 N–H and O–H groups in total. The number of amides is 1. The Bertz CT molecular complexity index is 1250. The summed E-state index contributed by atoms with van der Waals surface area (Å²) in [6.07, 6.45) is 8.12. The van der Waals surface area contributed by atoms with Gasteiger partial charge in [-0.2, -0.15) is 0 Å². The summed E-state index contributed by atoms with van der Waals surface area (Å²) in [6.45, 7) is 5.53. The first kappa shape index (κ1) is 31.3. The quantitative estimate of drug-likeness (QED) is 0.461. The van der Waals surface area contributed by atoms with Crippen LogP contribution in [0.25, 0.3) is 0 Å².